The van der Waals surface area contributed by atoms with Crippen LogP contribution in [0.5, 0.6) is 0 Å². The van der Waals surface area contributed by atoms with Crippen molar-refractivity contribution in [2.75, 3.05) is 11.4 Å². The zero-order valence-electron chi connectivity index (χ0n) is 23.4. The van der Waals surface area contributed by atoms with Crippen molar-refractivity contribution in [3.8, 4) is 0 Å². The maximum absolute atomic E-state index is 13.1. The van der Waals surface area contributed by atoms with Crippen LogP contribution in [0.25, 0.3) is 0 Å². The first kappa shape index (κ1) is 29.6. The Morgan fingerprint density at radius 2 is 1.56 bits per heavy atom. The molecule has 1 aliphatic rings. The number of anilines is 2. The molecule has 1 unspecified atom stereocenters. The third-order valence-electron chi connectivity index (χ3n) is 7.62. The largest absolute Gasteiger partial charge is 0.340 e. The van der Waals surface area contributed by atoms with E-state index in [1.165, 1.54) is 16.0 Å². The number of benzene rings is 2. The highest BCUT2D eigenvalue weighted by Crippen LogP contribution is 2.51. The van der Waals surface area contributed by atoms with Gasteiger partial charge in [0.05, 0.1) is 11.4 Å². The molecule has 1 atom stereocenters. The summed E-state index contributed by atoms with van der Waals surface area (Å²) in [4.78, 5) is 13.4. The van der Waals surface area contributed by atoms with Crippen molar-refractivity contribution in [3.05, 3.63) is 71.8 Å². The molecule has 0 bridgehead atoms. The lowest BCUT2D eigenvalue weighted by Gasteiger charge is -2.37. The maximum Gasteiger partial charge on any atom is 0.278 e. The fourth-order valence-corrected chi connectivity index (χ4v) is 7.69. The van der Waals surface area contributed by atoms with Gasteiger partial charge in [0, 0.05) is 28.7 Å². The minimum absolute atomic E-state index is 0.168. The van der Waals surface area contributed by atoms with Crippen LogP contribution in [-0.4, -0.2) is 29.5 Å². The molecule has 0 fully saturated rings. The van der Waals surface area contributed by atoms with Crippen LogP contribution < -0.4 is 4.90 Å². The van der Waals surface area contributed by atoms with Crippen LogP contribution in [-0.2, 0) is 27.7 Å². The Morgan fingerprint density at radius 1 is 0.872 bits per heavy atom. The molecule has 8 heteroatoms. The molecule has 0 amide bonds. The van der Waals surface area contributed by atoms with Gasteiger partial charge in [0.2, 0.25) is 0 Å². The van der Waals surface area contributed by atoms with E-state index in [9.17, 15) is 13.0 Å². The van der Waals surface area contributed by atoms with Gasteiger partial charge in [-0.15, -0.1) is 0 Å². The summed E-state index contributed by atoms with van der Waals surface area (Å²) in [5.74, 6) is 0.168. The van der Waals surface area contributed by atoms with E-state index in [1.807, 2.05) is 24.8 Å². The average molecular weight is 568 g/mol. The minimum atomic E-state index is -4.50. The predicted octanol–water partition coefficient (Wildman–Crippen LogP) is 8.13. The molecule has 0 saturated heterocycles. The van der Waals surface area contributed by atoms with E-state index in [4.69, 9.17) is 0 Å². The first-order valence-corrected chi connectivity index (χ1v) is 16.5. The molecule has 210 valence electrons. The fraction of sp³-hybridized carbons (Fsp3) is 0.484. The van der Waals surface area contributed by atoms with E-state index in [2.05, 4.69) is 59.0 Å². The standard InChI is InChI=1S/C31H41N3O3S2/c1-4-7-13-24-22-25(14-8-5-2)29-27(23-24)34(26-15-10-11-16-28(26)38-29)21-18-31(17-9-6-3,39(35,36)37)30-32-19-12-20-33-30/h10-12,15-16,19-20,22-23H,4-9,13-14,17-18,21H2,1-3H3,(H,35,36,37). The van der Waals surface area contributed by atoms with Crippen molar-refractivity contribution >= 4 is 33.3 Å². The van der Waals surface area contributed by atoms with Gasteiger partial charge in [-0.1, -0.05) is 76.4 Å². The van der Waals surface area contributed by atoms with Crippen LogP contribution in [0.1, 0.15) is 89.1 Å². The normalized spacial score (nSPS) is 14.5. The van der Waals surface area contributed by atoms with Gasteiger partial charge in [-0.05, 0) is 73.9 Å². The fourth-order valence-electron chi connectivity index (χ4n) is 5.39. The third kappa shape index (κ3) is 6.50. The number of hydrogen-bond acceptors (Lipinski definition) is 6. The molecule has 2 aromatic carbocycles. The van der Waals surface area contributed by atoms with Gasteiger partial charge in [0.25, 0.3) is 10.1 Å². The third-order valence-corrected chi connectivity index (χ3v) is 10.4. The summed E-state index contributed by atoms with van der Waals surface area (Å²) in [6, 6.07) is 14.7. The number of fused-ring (bicyclic) bond motifs is 2. The number of aromatic nitrogens is 2. The smallest absolute Gasteiger partial charge is 0.278 e. The Bertz CT molecular complexity index is 1350. The van der Waals surface area contributed by atoms with Crippen molar-refractivity contribution in [2.45, 2.75) is 99.5 Å². The minimum Gasteiger partial charge on any atom is -0.340 e. The SMILES string of the molecule is CCCCc1cc(CCCC)c2c(c1)N(CCC(CCCC)(c1ncccn1)S(=O)(=O)O)c1ccccc1S2. The maximum atomic E-state index is 13.1. The van der Waals surface area contributed by atoms with E-state index in [0.717, 1.165) is 61.2 Å². The Balaban J connectivity index is 1.82. The number of unbranched alkanes of at least 4 members (excludes halogenated alkanes) is 3. The number of rotatable bonds is 14. The van der Waals surface area contributed by atoms with Crippen LogP contribution in [0.4, 0.5) is 11.4 Å². The monoisotopic (exact) mass is 567 g/mol. The van der Waals surface area contributed by atoms with Gasteiger partial charge in [-0.2, -0.15) is 8.42 Å². The summed E-state index contributed by atoms with van der Waals surface area (Å²) in [5.41, 5.74) is 4.89. The summed E-state index contributed by atoms with van der Waals surface area (Å²) in [7, 11) is -4.50. The average Bonchev–Trinajstić information content (AvgIpc) is 2.94. The zero-order valence-corrected chi connectivity index (χ0v) is 25.0. The van der Waals surface area contributed by atoms with Gasteiger partial charge < -0.3 is 4.90 Å². The van der Waals surface area contributed by atoms with Crippen LogP contribution >= 0.6 is 11.8 Å². The second kappa shape index (κ2) is 13.3. The topological polar surface area (TPSA) is 83.4 Å². The summed E-state index contributed by atoms with van der Waals surface area (Å²) in [5, 5.41) is 0. The van der Waals surface area contributed by atoms with Gasteiger partial charge in [0.1, 0.15) is 0 Å². The van der Waals surface area contributed by atoms with Crippen molar-refractivity contribution in [1.82, 2.24) is 9.97 Å². The second-order valence-corrected chi connectivity index (χ2v) is 13.2. The lowest BCUT2D eigenvalue weighted by Crippen LogP contribution is -2.41. The lowest BCUT2D eigenvalue weighted by atomic mass is 9.95. The quantitative estimate of drug-likeness (QED) is 0.197. The predicted molar refractivity (Wildman–Crippen MR) is 161 cm³/mol. The van der Waals surface area contributed by atoms with Crippen molar-refractivity contribution in [2.24, 2.45) is 0 Å². The Labute approximate surface area is 238 Å². The van der Waals surface area contributed by atoms with E-state index in [0.29, 0.717) is 13.0 Å². The van der Waals surface area contributed by atoms with E-state index in [1.54, 1.807) is 18.5 Å². The van der Waals surface area contributed by atoms with Gasteiger partial charge in [0.15, 0.2) is 10.6 Å². The molecule has 0 radical (unpaired) electrons. The molecule has 0 saturated carbocycles. The highest BCUT2D eigenvalue weighted by molar-refractivity contribution is 7.99. The highest BCUT2D eigenvalue weighted by Gasteiger charge is 2.47. The van der Waals surface area contributed by atoms with Crippen LogP contribution in [0, 0.1) is 0 Å². The van der Waals surface area contributed by atoms with Crippen LogP contribution in [0.2, 0.25) is 0 Å². The first-order valence-electron chi connectivity index (χ1n) is 14.3. The molecule has 1 aromatic heterocycles. The first-order chi connectivity index (χ1) is 18.8. The molecule has 3 aromatic rings. The molecule has 1 aliphatic heterocycles. The van der Waals surface area contributed by atoms with Gasteiger partial charge in [-0.25, -0.2) is 9.97 Å². The highest BCUT2D eigenvalue weighted by atomic mass is 32.2. The molecule has 2 heterocycles. The molecule has 0 aliphatic carbocycles. The number of para-hydroxylation sites is 1. The molecule has 1 N–H and O–H groups in total. The van der Waals surface area contributed by atoms with Gasteiger partial charge >= 0.3 is 0 Å². The molecular formula is C31H41N3O3S2. The Hall–Kier alpha value is -2.42. The molecule has 4 rings (SSSR count). The molecule has 6 nitrogen and oxygen atoms in total. The van der Waals surface area contributed by atoms with E-state index in [-0.39, 0.29) is 18.7 Å². The molecule has 39 heavy (non-hydrogen) atoms. The summed E-state index contributed by atoms with van der Waals surface area (Å²) in [6.45, 7) is 6.87. The number of hydrogen-bond donors (Lipinski definition) is 1. The number of nitrogens with zero attached hydrogens (tertiary/aromatic N) is 3. The van der Waals surface area contributed by atoms with E-state index >= 15 is 0 Å². The second-order valence-electron chi connectivity index (χ2n) is 10.4. The Kier molecular flexibility index (Phi) is 10.1. The summed E-state index contributed by atoms with van der Waals surface area (Å²) in [6.07, 6.45) is 11.5. The zero-order chi connectivity index (χ0) is 27.9. The summed E-state index contributed by atoms with van der Waals surface area (Å²) < 4.78 is 35.3. The van der Waals surface area contributed by atoms with E-state index < -0.39 is 14.9 Å². The Morgan fingerprint density at radius 3 is 2.26 bits per heavy atom. The number of aryl methyl sites for hydroxylation is 2. The van der Waals surface area contributed by atoms with Crippen molar-refractivity contribution < 1.29 is 13.0 Å². The van der Waals surface area contributed by atoms with Crippen molar-refractivity contribution in [1.29, 1.82) is 0 Å². The van der Waals surface area contributed by atoms with Gasteiger partial charge in [-0.3, -0.25) is 4.55 Å². The molecular weight excluding hydrogens is 526 g/mol. The van der Waals surface area contributed by atoms with Crippen LogP contribution in [0.15, 0.2) is 64.6 Å². The molecule has 0 spiro atoms. The van der Waals surface area contributed by atoms with Crippen molar-refractivity contribution in [3.63, 3.8) is 0 Å². The lowest BCUT2D eigenvalue weighted by molar-refractivity contribution is 0.379. The van der Waals surface area contributed by atoms with Crippen LogP contribution in [0.3, 0.4) is 0 Å². The summed E-state index contributed by atoms with van der Waals surface area (Å²) >= 11 is 1.81.